The summed E-state index contributed by atoms with van der Waals surface area (Å²) in [7, 11) is 1.22. The summed E-state index contributed by atoms with van der Waals surface area (Å²) in [4.78, 5) is 26.9. The predicted molar refractivity (Wildman–Crippen MR) is 116 cm³/mol. The topological polar surface area (TPSA) is 60.8 Å². The molecule has 3 rings (SSSR count). The summed E-state index contributed by atoms with van der Waals surface area (Å²) >= 11 is 3.43. The Hall–Kier alpha value is -2.49. The summed E-state index contributed by atoms with van der Waals surface area (Å²) in [5.41, 5.74) is 0.122. The number of carbonyl (C=O) groups is 2. The molecule has 1 aliphatic rings. The number of fused-ring (bicyclic) bond motifs is 1. The van der Waals surface area contributed by atoms with E-state index in [0.29, 0.717) is 40.8 Å². The number of esters is 1. The Labute approximate surface area is 192 Å². The third-order valence-corrected chi connectivity index (χ3v) is 5.69. The van der Waals surface area contributed by atoms with Crippen molar-refractivity contribution in [3.8, 4) is 0 Å². The maximum absolute atomic E-state index is 13.2. The maximum atomic E-state index is 13.2. The maximum Gasteiger partial charge on any atom is 0.416 e. The highest BCUT2D eigenvalue weighted by Gasteiger charge is 2.36. The summed E-state index contributed by atoms with van der Waals surface area (Å²) in [5, 5.41) is 0. The largest absolute Gasteiger partial charge is 0.464 e. The Bertz CT molecular complexity index is 1040. The van der Waals surface area contributed by atoms with Crippen LogP contribution in [0.15, 0.2) is 28.7 Å². The number of aromatic nitrogens is 1. The number of amides is 1. The SMILES string of the molecule is COC(=O)c1c(Br)c2c(n1Cc1cccc(C(F)(F)F)c1)CCCN2C(=O)OC(C)(C)C. The number of benzene rings is 1. The highest BCUT2D eigenvalue weighted by molar-refractivity contribution is 9.10. The van der Waals surface area contributed by atoms with E-state index in [4.69, 9.17) is 9.47 Å². The number of alkyl halides is 3. The van der Waals surface area contributed by atoms with E-state index in [9.17, 15) is 22.8 Å². The summed E-state index contributed by atoms with van der Waals surface area (Å²) in [5.74, 6) is -0.664. The van der Waals surface area contributed by atoms with Gasteiger partial charge in [0.05, 0.1) is 22.8 Å². The van der Waals surface area contributed by atoms with Gasteiger partial charge in [-0.25, -0.2) is 9.59 Å². The van der Waals surface area contributed by atoms with Crippen molar-refractivity contribution in [2.75, 3.05) is 18.6 Å². The van der Waals surface area contributed by atoms with Crippen molar-refractivity contribution in [3.05, 3.63) is 51.3 Å². The van der Waals surface area contributed by atoms with Crippen molar-refractivity contribution in [1.82, 2.24) is 4.57 Å². The molecule has 1 aromatic carbocycles. The number of rotatable bonds is 3. The molecule has 6 nitrogen and oxygen atoms in total. The van der Waals surface area contributed by atoms with Crippen LogP contribution in [0, 0.1) is 0 Å². The van der Waals surface area contributed by atoms with Gasteiger partial charge in [0.1, 0.15) is 11.3 Å². The number of methoxy groups -OCH3 is 1. The molecular formula is C22H24BrF3N2O4. The summed E-state index contributed by atoms with van der Waals surface area (Å²) < 4.78 is 51.9. The first-order valence-electron chi connectivity index (χ1n) is 9.99. The Balaban J connectivity index is 2.11. The average Bonchev–Trinajstić information content (AvgIpc) is 2.97. The molecule has 0 spiro atoms. The molecular weight excluding hydrogens is 493 g/mol. The molecule has 0 N–H and O–H groups in total. The van der Waals surface area contributed by atoms with Gasteiger partial charge in [0.15, 0.2) is 0 Å². The van der Waals surface area contributed by atoms with Gasteiger partial charge in [-0.1, -0.05) is 12.1 Å². The lowest BCUT2D eigenvalue weighted by molar-refractivity contribution is -0.137. The van der Waals surface area contributed by atoms with Crippen LogP contribution in [0.2, 0.25) is 0 Å². The number of anilines is 1. The highest BCUT2D eigenvalue weighted by atomic mass is 79.9. The molecule has 1 amide bonds. The van der Waals surface area contributed by atoms with Crippen LogP contribution in [0.1, 0.15) is 54.5 Å². The summed E-state index contributed by atoms with van der Waals surface area (Å²) in [6.45, 7) is 5.65. The number of nitrogens with zero attached hydrogens (tertiary/aromatic N) is 2. The van der Waals surface area contributed by atoms with Crippen molar-refractivity contribution in [3.63, 3.8) is 0 Å². The summed E-state index contributed by atoms with van der Waals surface area (Å²) in [6.07, 6.45) is -3.91. The molecule has 10 heteroatoms. The Morgan fingerprint density at radius 2 is 1.88 bits per heavy atom. The molecule has 0 radical (unpaired) electrons. The fourth-order valence-electron chi connectivity index (χ4n) is 3.66. The fourth-order valence-corrected chi connectivity index (χ4v) is 4.48. The van der Waals surface area contributed by atoms with E-state index in [1.807, 2.05) is 0 Å². The third-order valence-electron chi connectivity index (χ3n) is 4.94. The molecule has 0 atom stereocenters. The minimum atomic E-state index is -4.48. The van der Waals surface area contributed by atoms with Crippen LogP contribution in [-0.4, -0.2) is 35.9 Å². The molecule has 0 aliphatic carbocycles. The molecule has 2 aromatic rings. The van der Waals surface area contributed by atoms with E-state index in [-0.39, 0.29) is 12.2 Å². The molecule has 2 heterocycles. The van der Waals surface area contributed by atoms with Gasteiger partial charge in [-0.3, -0.25) is 4.90 Å². The summed E-state index contributed by atoms with van der Waals surface area (Å²) in [6, 6.07) is 4.94. The second-order valence-electron chi connectivity index (χ2n) is 8.47. The van der Waals surface area contributed by atoms with Crippen LogP contribution in [0.4, 0.5) is 23.7 Å². The van der Waals surface area contributed by atoms with Gasteiger partial charge in [0.2, 0.25) is 0 Å². The van der Waals surface area contributed by atoms with Gasteiger partial charge in [0, 0.05) is 18.8 Å². The van der Waals surface area contributed by atoms with Crippen molar-refractivity contribution in [2.24, 2.45) is 0 Å². The van der Waals surface area contributed by atoms with E-state index in [1.54, 1.807) is 31.4 Å². The van der Waals surface area contributed by atoms with E-state index in [1.165, 1.54) is 18.1 Å². The van der Waals surface area contributed by atoms with Crippen LogP contribution in [0.5, 0.6) is 0 Å². The van der Waals surface area contributed by atoms with Crippen LogP contribution >= 0.6 is 15.9 Å². The van der Waals surface area contributed by atoms with E-state index >= 15 is 0 Å². The molecule has 1 aromatic heterocycles. The second kappa shape index (κ2) is 8.80. The van der Waals surface area contributed by atoms with E-state index < -0.39 is 29.4 Å². The predicted octanol–water partition coefficient (Wildman–Crippen LogP) is 5.79. The lowest BCUT2D eigenvalue weighted by Gasteiger charge is -2.31. The lowest BCUT2D eigenvalue weighted by atomic mass is 10.1. The average molecular weight is 517 g/mol. The zero-order chi connectivity index (χ0) is 23.8. The Morgan fingerprint density at radius 3 is 2.47 bits per heavy atom. The van der Waals surface area contributed by atoms with Crippen molar-refractivity contribution < 1.29 is 32.2 Å². The zero-order valence-corrected chi connectivity index (χ0v) is 19.8. The number of halogens is 4. The minimum absolute atomic E-state index is 0.00441. The van der Waals surface area contributed by atoms with Gasteiger partial charge >= 0.3 is 18.2 Å². The molecule has 0 unspecified atom stereocenters. The first-order chi connectivity index (χ1) is 14.8. The van der Waals surface area contributed by atoms with Crippen LogP contribution < -0.4 is 4.90 Å². The van der Waals surface area contributed by atoms with Crippen LogP contribution in [0.3, 0.4) is 0 Å². The molecule has 32 heavy (non-hydrogen) atoms. The van der Waals surface area contributed by atoms with Crippen LogP contribution in [-0.2, 0) is 28.6 Å². The Kier molecular flexibility index (Phi) is 6.65. The zero-order valence-electron chi connectivity index (χ0n) is 18.2. The molecule has 0 bridgehead atoms. The van der Waals surface area contributed by atoms with Crippen molar-refractivity contribution >= 4 is 33.7 Å². The normalized spacial score (nSPS) is 14.2. The molecule has 0 saturated carbocycles. The number of hydrogen-bond donors (Lipinski definition) is 0. The molecule has 0 saturated heterocycles. The molecule has 174 valence electrons. The molecule has 0 fully saturated rings. The third kappa shape index (κ3) is 4.95. The highest BCUT2D eigenvalue weighted by Crippen LogP contribution is 2.41. The molecule has 1 aliphatic heterocycles. The number of carbonyl (C=O) groups excluding carboxylic acids is 2. The van der Waals surface area contributed by atoms with Crippen LogP contribution in [0.25, 0.3) is 0 Å². The van der Waals surface area contributed by atoms with Gasteiger partial charge in [-0.05, 0) is 67.2 Å². The van der Waals surface area contributed by atoms with Gasteiger partial charge < -0.3 is 14.0 Å². The Morgan fingerprint density at radius 1 is 1.19 bits per heavy atom. The first kappa shape index (κ1) is 24.2. The van der Waals surface area contributed by atoms with Gasteiger partial charge in [-0.15, -0.1) is 0 Å². The number of ether oxygens (including phenoxy) is 2. The monoisotopic (exact) mass is 516 g/mol. The van der Waals surface area contributed by atoms with Crippen molar-refractivity contribution in [1.29, 1.82) is 0 Å². The minimum Gasteiger partial charge on any atom is -0.464 e. The standard InChI is InChI=1S/C22H24BrF3N2O4/c1-21(2,3)32-20(30)27-10-6-9-15-17(27)16(23)18(19(29)31-4)28(15)12-13-7-5-8-14(11-13)22(24,25)26/h5,7-8,11H,6,9-10,12H2,1-4H3. The smallest absolute Gasteiger partial charge is 0.416 e. The lowest BCUT2D eigenvalue weighted by Crippen LogP contribution is -2.40. The number of hydrogen-bond acceptors (Lipinski definition) is 4. The second-order valence-corrected chi connectivity index (χ2v) is 9.26. The van der Waals surface area contributed by atoms with Gasteiger partial charge in [-0.2, -0.15) is 13.2 Å². The first-order valence-corrected chi connectivity index (χ1v) is 10.8. The van der Waals surface area contributed by atoms with E-state index in [2.05, 4.69) is 15.9 Å². The van der Waals surface area contributed by atoms with E-state index in [0.717, 1.165) is 12.1 Å². The fraction of sp³-hybridized carbons (Fsp3) is 0.455. The van der Waals surface area contributed by atoms with Crippen molar-refractivity contribution in [2.45, 2.75) is 51.9 Å². The quantitative estimate of drug-likeness (QED) is 0.484. The van der Waals surface area contributed by atoms with Gasteiger partial charge in [0.25, 0.3) is 0 Å².